The third-order valence-electron chi connectivity index (χ3n) is 7.77. The molecular weight excluding hydrogens is 402 g/mol. The second-order valence-electron chi connectivity index (χ2n) is 10.1. The van der Waals surface area contributed by atoms with Gasteiger partial charge in [0.15, 0.2) is 0 Å². The summed E-state index contributed by atoms with van der Waals surface area (Å²) < 4.78 is 1.82. The largest absolute Gasteiger partial charge is 0.328 e. The van der Waals surface area contributed by atoms with Gasteiger partial charge in [0, 0.05) is 31.7 Å². The molecule has 3 aliphatic rings. The molecule has 172 valence electrons. The summed E-state index contributed by atoms with van der Waals surface area (Å²) in [5.74, 6) is 1.39. The Morgan fingerprint density at radius 3 is 2.72 bits per heavy atom. The van der Waals surface area contributed by atoms with Gasteiger partial charge in [-0.3, -0.25) is 15.0 Å². The number of amides is 3. The molecule has 2 aromatic heterocycles. The first-order valence-corrected chi connectivity index (χ1v) is 12.4. The smallest absolute Gasteiger partial charge is 0.300 e. The highest BCUT2D eigenvalue weighted by atomic mass is 16.2. The summed E-state index contributed by atoms with van der Waals surface area (Å²) >= 11 is 0. The lowest BCUT2D eigenvalue weighted by Gasteiger charge is -2.40. The van der Waals surface area contributed by atoms with Crippen LogP contribution in [0, 0.1) is 11.8 Å². The molecule has 2 aromatic rings. The third kappa shape index (κ3) is 4.53. The molecule has 1 aliphatic carbocycles. The number of carbonyl (C=O) groups excluding carboxylic acids is 2. The van der Waals surface area contributed by atoms with E-state index in [2.05, 4.69) is 34.4 Å². The molecule has 4 heterocycles. The molecule has 0 aromatic carbocycles. The Kier molecular flexibility index (Phi) is 6.17. The average Bonchev–Trinajstić information content (AvgIpc) is 3.19. The Labute approximate surface area is 190 Å². The van der Waals surface area contributed by atoms with E-state index in [1.807, 2.05) is 10.7 Å². The fourth-order valence-electron chi connectivity index (χ4n) is 5.95. The normalized spacial score (nSPS) is 26.0. The van der Waals surface area contributed by atoms with E-state index >= 15 is 0 Å². The van der Waals surface area contributed by atoms with Gasteiger partial charge in [-0.2, -0.15) is 5.10 Å². The van der Waals surface area contributed by atoms with Crippen molar-refractivity contribution < 1.29 is 9.59 Å². The van der Waals surface area contributed by atoms with E-state index in [1.165, 1.54) is 63.6 Å². The lowest BCUT2D eigenvalue weighted by molar-refractivity contribution is -0.120. The average molecular weight is 438 g/mol. The lowest BCUT2D eigenvalue weighted by Crippen LogP contribution is -2.49. The number of urea groups is 1. The van der Waals surface area contributed by atoms with Gasteiger partial charge in [0.1, 0.15) is 0 Å². The second-order valence-corrected chi connectivity index (χ2v) is 10.1. The Morgan fingerprint density at radius 1 is 1.09 bits per heavy atom. The van der Waals surface area contributed by atoms with Crippen molar-refractivity contribution in [2.24, 2.45) is 11.8 Å². The molecule has 2 saturated heterocycles. The molecule has 0 spiro atoms. The van der Waals surface area contributed by atoms with Crippen LogP contribution in [0.1, 0.15) is 63.9 Å². The zero-order chi connectivity index (χ0) is 22.1. The fraction of sp³-hybridized carbons (Fsp3) is 0.640. The lowest BCUT2D eigenvalue weighted by atomic mass is 9.84. The number of hydrogen-bond donors (Lipinski definition) is 1. The molecule has 2 aliphatic heterocycles. The predicted octanol–water partition coefficient (Wildman–Crippen LogP) is 4.00. The highest BCUT2D eigenvalue weighted by molar-refractivity contribution is 6.07. The Hall–Kier alpha value is -2.41. The molecule has 7 heteroatoms. The maximum atomic E-state index is 12.3. The van der Waals surface area contributed by atoms with E-state index in [-0.39, 0.29) is 11.9 Å². The summed E-state index contributed by atoms with van der Waals surface area (Å²) in [5.41, 5.74) is 2.99. The molecule has 32 heavy (non-hydrogen) atoms. The number of hydrogen-bond acceptors (Lipinski definition) is 4. The third-order valence-corrected chi connectivity index (χ3v) is 7.77. The van der Waals surface area contributed by atoms with Crippen LogP contribution in [0.3, 0.4) is 0 Å². The van der Waals surface area contributed by atoms with E-state index in [0.29, 0.717) is 24.9 Å². The summed E-state index contributed by atoms with van der Waals surface area (Å²) in [5, 5.41) is 6.82. The van der Waals surface area contributed by atoms with Crippen LogP contribution in [0.5, 0.6) is 0 Å². The van der Waals surface area contributed by atoms with E-state index in [4.69, 9.17) is 0 Å². The molecule has 3 amide bonds. The van der Waals surface area contributed by atoms with Crippen molar-refractivity contribution >= 4 is 23.1 Å². The van der Waals surface area contributed by atoms with Gasteiger partial charge in [-0.15, -0.1) is 0 Å². The van der Waals surface area contributed by atoms with Crippen LogP contribution in [0.2, 0.25) is 0 Å². The summed E-state index contributed by atoms with van der Waals surface area (Å²) in [6.07, 6.45) is 14.7. The Bertz CT molecular complexity index is 980. The second kappa shape index (κ2) is 9.22. The van der Waals surface area contributed by atoms with Crippen LogP contribution in [0.15, 0.2) is 24.5 Å². The number of fused-ring (bicyclic) bond motifs is 1. The van der Waals surface area contributed by atoms with Crippen LogP contribution in [0.25, 0.3) is 5.52 Å². The molecule has 7 nitrogen and oxygen atoms in total. The van der Waals surface area contributed by atoms with Crippen LogP contribution in [-0.2, 0) is 11.2 Å². The van der Waals surface area contributed by atoms with Crippen LogP contribution < -0.4 is 10.2 Å². The predicted molar refractivity (Wildman–Crippen MR) is 125 cm³/mol. The molecule has 0 radical (unpaired) electrons. The van der Waals surface area contributed by atoms with E-state index in [0.717, 1.165) is 23.5 Å². The van der Waals surface area contributed by atoms with Gasteiger partial charge >= 0.3 is 6.03 Å². The molecule has 1 N–H and O–H groups in total. The monoisotopic (exact) mass is 437 g/mol. The number of imide groups is 1. The van der Waals surface area contributed by atoms with Crippen molar-refractivity contribution in [3.05, 3.63) is 30.1 Å². The topological polar surface area (TPSA) is 70.0 Å². The fourth-order valence-corrected chi connectivity index (χ4v) is 5.95. The number of likely N-dealkylation sites (tertiary alicyclic amines) is 1. The Morgan fingerprint density at radius 2 is 1.94 bits per heavy atom. The number of pyridine rings is 1. The van der Waals surface area contributed by atoms with E-state index in [1.54, 1.807) is 11.1 Å². The summed E-state index contributed by atoms with van der Waals surface area (Å²) in [4.78, 5) is 28.2. The quantitative estimate of drug-likeness (QED) is 0.768. The summed E-state index contributed by atoms with van der Waals surface area (Å²) in [7, 11) is 0. The molecule has 0 unspecified atom stereocenters. The van der Waals surface area contributed by atoms with Gasteiger partial charge in [0.2, 0.25) is 5.91 Å². The van der Waals surface area contributed by atoms with Gasteiger partial charge in [0.25, 0.3) is 0 Å². The molecule has 0 bridgehead atoms. The highest BCUT2D eigenvalue weighted by Gasteiger charge is 2.29. The number of nitrogens with zero attached hydrogens (tertiary/aromatic N) is 4. The van der Waals surface area contributed by atoms with Crippen molar-refractivity contribution in [3.63, 3.8) is 0 Å². The van der Waals surface area contributed by atoms with E-state index < -0.39 is 0 Å². The minimum absolute atomic E-state index is 0.215. The first-order chi connectivity index (χ1) is 15.6. The number of anilines is 1. The summed E-state index contributed by atoms with van der Waals surface area (Å²) in [6.45, 7) is 5.31. The van der Waals surface area contributed by atoms with Crippen molar-refractivity contribution in [1.29, 1.82) is 0 Å². The molecule has 5 rings (SSSR count). The van der Waals surface area contributed by atoms with Gasteiger partial charge in [-0.1, -0.05) is 19.3 Å². The number of rotatable bonds is 5. The molecule has 1 saturated carbocycles. The Balaban J connectivity index is 1.24. The molecule has 2 atom stereocenters. The van der Waals surface area contributed by atoms with Gasteiger partial charge in [-0.25, -0.2) is 9.31 Å². The maximum Gasteiger partial charge on any atom is 0.328 e. The number of aromatic nitrogens is 2. The number of nitrogens with one attached hydrogen (secondary N) is 1. The van der Waals surface area contributed by atoms with Crippen molar-refractivity contribution in [2.45, 2.75) is 70.8 Å². The van der Waals surface area contributed by atoms with E-state index in [9.17, 15) is 9.59 Å². The SMILES string of the molecule is C[C@@H]1C[C@H](Cc2ccn3ncc(N4CCC(=O)NC4=O)c3c2)CCN1CC1CCCCC1. The zero-order valence-corrected chi connectivity index (χ0v) is 19.1. The van der Waals surface area contributed by atoms with Crippen LogP contribution in [0.4, 0.5) is 10.5 Å². The van der Waals surface area contributed by atoms with Gasteiger partial charge in [0.05, 0.1) is 17.4 Å². The zero-order valence-electron chi connectivity index (χ0n) is 19.1. The highest BCUT2D eigenvalue weighted by Crippen LogP contribution is 2.31. The van der Waals surface area contributed by atoms with Gasteiger partial charge < -0.3 is 4.90 Å². The summed E-state index contributed by atoms with van der Waals surface area (Å²) in [6, 6.07) is 4.62. The molecule has 3 fully saturated rings. The number of carbonyl (C=O) groups is 2. The van der Waals surface area contributed by atoms with Crippen molar-refractivity contribution in [3.8, 4) is 0 Å². The first kappa shape index (κ1) is 21.4. The number of piperidine rings is 1. The minimum atomic E-state index is -0.360. The van der Waals surface area contributed by atoms with Crippen LogP contribution in [-0.4, -0.2) is 52.1 Å². The minimum Gasteiger partial charge on any atom is -0.300 e. The first-order valence-electron chi connectivity index (χ1n) is 12.4. The molecular formula is C25H35N5O2. The maximum absolute atomic E-state index is 12.3. The van der Waals surface area contributed by atoms with Crippen molar-refractivity contribution in [1.82, 2.24) is 19.8 Å². The standard InChI is InChI=1S/C25H35N5O2/c1-18-13-20(7-10-28(18)17-19-5-3-2-4-6-19)14-21-8-12-30-22(15-21)23(16-26-30)29-11-9-24(31)27-25(29)32/h8,12,15-16,18-20H,2-7,9-11,13-14,17H2,1H3,(H,27,31,32)/t18-,20-/m1/s1. The van der Waals surface area contributed by atoms with Gasteiger partial charge in [-0.05, 0) is 75.1 Å². The van der Waals surface area contributed by atoms with Crippen LogP contribution >= 0.6 is 0 Å². The van der Waals surface area contributed by atoms with Crippen molar-refractivity contribution in [2.75, 3.05) is 24.5 Å².